The second kappa shape index (κ2) is 4.82. The highest BCUT2D eigenvalue weighted by Crippen LogP contribution is 2.45. The minimum Gasteiger partial charge on any atom is -0.325 e. The third-order valence-electron chi connectivity index (χ3n) is 3.65. The predicted octanol–water partition coefficient (Wildman–Crippen LogP) is 3.60. The molecule has 2 aromatic rings. The van der Waals surface area contributed by atoms with Gasteiger partial charge in [0.1, 0.15) is 5.41 Å². The summed E-state index contributed by atoms with van der Waals surface area (Å²) in [4.78, 5) is 11.9. The fraction of sp³-hybridized carbons (Fsp3) is 0.176. The maximum absolute atomic E-state index is 11.9. The number of carbonyl (C=O) groups excluding carboxylic acids is 1. The third-order valence-corrected chi connectivity index (χ3v) is 3.65. The van der Waals surface area contributed by atoms with Gasteiger partial charge >= 0.3 is 0 Å². The number of benzene rings is 2. The maximum Gasteiger partial charge on any atom is 0.244 e. The van der Waals surface area contributed by atoms with Gasteiger partial charge < -0.3 is 5.32 Å². The van der Waals surface area contributed by atoms with Gasteiger partial charge in [0.05, 0.1) is 6.07 Å². The lowest BCUT2D eigenvalue weighted by molar-refractivity contribution is -0.119. The van der Waals surface area contributed by atoms with Crippen LogP contribution < -0.4 is 5.32 Å². The summed E-state index contributed by atoms with van der Waals surface area (Å²) >= 11 is 0. The van der Waals surface area contributed by atoms with Gasteiger partial charge in [-0.25, -0.2) is 0 Å². The van der Waals surface area contributed by atoms with Gasteiger partial charge in [0, 0.05) is 5.69 Å². The summed E-state index contributed by atoms with van der Waals surface area (Å²) in [6.45, 7) is 0. The number of hydrogen-bond donors (Lipinski definition) is 1. The lowest BCUT2D eigenvalue weighted by atomic mass is 10.1. The van der Waals surface area contributed by atoms with E-state index >= 15 is 0 Å². The molecule has 1 aliphatic carbocycles. The Morgan fingerprint density at radius 3 is 2.15 bits per heavy atom. The van der Waals surface area contributed by atoms with Crippen molar-refractivity contribution in [2.24, 2.45) is 5.41 Å². The fourth-order valence-electron chi connectivity index (χ4n) is 2.14. The van der Waals surface area contributed by atoms with E-state index in [1.807, 2.05) is 54.6 Å². The molecule has 0 heterocycles. The van der Waals surface area contributed by atoms with Crippen LogP contribution >= 0.6 is 0 Å². The van der Waals surface area contributed by atoms with Gasteiger partial charge in [-0.05, 0) is 36.1 Å². The van der Waals surface area contributed by atoms with Crippen molar-refractivity contribution >= 4 is 11.6 Å². The Morgan fingerprint density at radius 1 is 1.00 bits per heavy atom. The molecule has 0 spiro atoms. The number of nitriles is 1. The topological polar surface area (TPSA) is 52.9 Å². The first-order chi connectivity index (χ1) is 9.73. The average molecular weight is 262 g/mol. The van der Waals surface area contributed by atoms with Crippen LogP contribution in [0, 0.1) is 16.7 Å². The summed E-state index contributed by atoms with van der Waals surface area (Å²) < 4.78 is 0. The lowest BCUT2D eigenvalue weighted by Gasteiger charge is -2.09. The molecule has 2 aromatic carbocycles. The van der Waals surface area contributed by atoms with Crippen LogP contribution in [-0.2, 0) is 4.79 Å². The van der Waals surface area contributed by atoms with E-state index in [2.05, 4.69) is 11.4 Å². The zero-order chi connectivity index (χ0) is 14.0. The minimum atomic E-state index is -0.780. The normalized spacial score (nSPS) is 15.2. The van der Waals surface area contributed by atoms with Crippen molar-refractivity contribution in [1.29, 1.82) is 5.26 Å². The van der Waals surface area contributed by atoms with Gasteiger partial charge in [0.2, 0.25) is 5.91 Å². The van der Waals surface area contributed by atoms with Gasteiger partial charge in [0.15, 0.2) is 0 Å². The molecule has 0 radical (unpaired) electrons. The van der Waals surface area contributed by atoms with Crippen molar-refractivity contribution < 1.29 is 4.79 Å². The van der Waals surface area contributed by atoms with Crippen LogP contribution in [0.1, 0.15) is 12.8 Å². The molecule has 0 unspecified atom stereocenters. The summed E-state index contributed by atoms with van der Waals surface area (Å²) in [5.41, 5.74) is 2.19. The lowest BCUT2D eigenvalue weighted by Crippen LogP contribution is -2.22. The number of anilines is 1. The molecule has 1 N–H and O–H groups in total. The second-order valence-corrected chi connectivity index (χ2v) is 5.09. The van der Waals surface area contributed by atoms with E-state index < -0.39 is 5.41 Å². The summed E-state index contributed by atoms with van der Waals surface area (Å²) in [7, 11) is 0. The highest BCUT2D eigenvalue weighted by molar-refractivity contribution is 5.99. The quantitative estimate of drug-likeness (QED) is 0.918. The van der Waals surface area contributed by atoms with Gasteiger partial charge in [-0.3, -0.25) is 4.79 Å². The van der Waals surface area contributed by atoms with Gasteiger partial charge in [-0.15, -0.1) is 0 Å². The Bertz CT molecular complexity index is 664. The number of rotatable bonds is 3. The first kappa shape index (κ1) is 12.4. The van der Waals surface area contributed by atoms with E-state index in [1.54, 1.807) is 0 Å². The van der Waals surface area contributed by atoms with Crippen molar-refractivity contribution in [3.8, 4) is 17.2 Å². The molecule has 3 heteroatoms. The molecule has 0 atom stereocenters. The van der Waals surface area contributed by atoms with E-state index in [1.165, 1.54) is 0 Å². The summed E-state index contributed by atoms with van der Waals surface area (Å²) in [6.07, 6.45) is 1.33. The van der Waals surface area contributed by atoms with Gasteiger partial charge in [-0.2, -0.15) is 5.26 Å². The summed E-state index contributed by atoms with van der Waals surface area (Å²) in [5, 5.41) is 11.8. The zero-order valence-corrected chi connectivity index (χ0v) is 11.0. The SMILES string of the molecule is N#CC1(C(=O)Nc2ccc(-c3ccccc3)cc2)CC1. The van der Waals surface area contributed by atoms with Crippen LogP contribution in [0.3, 0.4) is 0 Å². The van der Waals surface area contributed by atoms with E-state index in [9.17, 15) is 4.79 Å². The standard InChI is InChI=1S/C17H14N2O/c18-12-17(10-11-17)16(20)19-15-8-6-14(7-9-15)13-4-2-1-3-5-13/h1-9H,10-11H2,(H,19,20). The first-order valence-corrected chi connectivity index (χ1v) is 6.62. The van der Waals surface area contributed by atoms with Crippen LogP contribution in [0.4, 0.5) is 5.69 Å². The van der Waals surface area contributed by atoms with Crippen LogP contribution in [0.25, 0.3) is 11.1 Å². The number of nitrogens with one attached hydrogen (secondary N) is 1. The predicted molar refractivity (Wildman–Crippen MR) is 77.8 cm³/mol. The molecule has 98 valence electrons. The minimum absolute atomic E-state index is 0.188. The monoisotopic (exact) mass is 262 g/mol. The fourth-order valence-corrected chi connectivity index (χ4v) is 2.14. The molecular formula is C17H14N2O. The van der Waals surface area contributed by atoms with Crippen molar-refractivity contribution in [3.05, 3.63) is 54.6 Å². The third kappa shape index (κ3) is 2.28. The molecule has 3 nitrogen and oxygen atoms in total. The number of hydrogen-bond acceptors (Lipinski definition) is 2. The molecule has 1 saturated carbocycles. The van der Waals surface area contributed by atoms with Crippen LogP contribution in [0.15, 0.2) is 54.6 Å². The largest absolute Gasteiger partial charge is 0.325 e. The van der Waals surface area contributed by atoms with Gasteiger partial charge in [0.25, 0.3) is 0 Å². The van der Waals surface area contributed by atoms with E-state index in [0.717, 1.165) is 16.8 Å². The van der Waals surface area contributed by atoms with E-state index in [4.69, 9.17) is 5.26 Å². The maximum atomic E-state index is 11.9. The van der Waals surface area contributed by atoms with Crippen molar-refractivity contribution in [3.63, 3.8) is 0 Å². The highest BCUT2D eigenvalue weighted by atomic mass is 16.2. The Kier molecular flexibility index (Phi) is 3.00. The summed E-state index contributed by atoms with van der Waals surface area (Å²) in [6, 6.07) is 19.8. The van der Waals surface area contributed by atoms with E-state index in [-0.39, 0.29) is 5.91 Å². The van der Waals surface area contributed by atoms with Crippen molar-refractivity contribution in [2.75, 3.05) is 5.32 Å². The number of nitrogens with zero attached hydrogens (tertiary/aromatic N) is 1. The van der Waals surface area contributed by atoms with Crippen molar-refractivity contribution in [2.45, 2.75) is 12.8 Å². The molecule has 3 rings (SSSR count). The van der Waals surface area contributed by atoms with Crippen LogP contribution in [0.2, 0.25) is 0 Å². The molecule has 0 aromatic heterocycles. The molecular weight excluding hydrogens is 248 g/mol. The first-order valence-electron chi connectivity index (χ1n) is 6.62. The second-order valence-electron chi connectivity index (χ2n) is 5.09. The molecule has 20 heavy (non-hydrogen) atoms. The summed E-state index contributed by atoms with van der Waals surface area (Å²) in [5.74, 6) is -0.188. The van der Waals surface area contributed by atoms with Crippen molar-refractivity contribution in [1.82, 2.24) is 0 Å². The molecule has 1 amide bonds. The van der Waals surface area contributed by atoms with Crippen LogP contribution in [0.5, 0.6) is 0 Å². The molecule has 0 bridgehead atoms. The molecule has 0 aliphatic heterocycles. The molecule has 1 fully saturated rings. The highest BCUT2D eigenvalue weighted by Gasteiger charge is 2.50. The Hall–Kier alpha value is -2.60. The number of amides is 1. The average Bonchev–Trinajstić information content (AvgIpc) is 3.30. The number of carbonyl (C=O) groups is 1. The van der Waals surface area contributed by atoms with Gasteiger partial charge in [-0.1, -0.05) is 42.5 Å². The molecule has 1 aliphatic rings. The Morgan fingerprint density at radius 2 is 1.60 bits per heavy atom. The van der Waals surface area contributed by atoms with E-state index in [0.29, 0.717) is 12.8 Å². The Balaban J connectivity index is 1.74. The smallest absolute Gasteiger partial charge is 0.244 e. The van der Waals surface area contributed by atoms with Crippen LogP contribution in [-0.4, -0.2) is 5.91 Å². The zero-order valence-electron chi connectivity index (χ0n) is 11.0. The Labute approximate surface area is 117 Å². The molecule has 0 saturated heterocycles.